The van der Waals surface area contributed by atoms with Crippen LogP contribution >= 0.6 is 0 Å². The first-order chi connectivity index (χ1) is 3.46. The molecule has 0 aliphatic rings. The maximum absolute atomic E-state index is 8.06. The quantitative estimate of drug-likeness (QED) is 0.585. The number of hydrogen-bond acceptors (Lipinski definition) is 2. The molecular weight excluding hydrogens is 179 g/mol. The largest absolute Gasteiger partial charge is 2.00 e. The fourth-order valence-corrected chi connectivity index (χ4v) is 0. The Kier molecular flexibility index (Phi) is 61.2. The molecule has 71 valence electrons. The van der Waals surface area contributed by atoms with Crippen LogP contribution in [0.2, 0.25) is 0 Å². The Morgan fingerprint density at radius 2 is 0.727 bits per heavy atom. The number of hydrogen-bond donors (Lipinski definition) is 2. The molecule has 2 N–H and O–H groups in total. The van der Waals surface area contributed by atoms with E-state index in [0.29, 0.717) is 0 Å². The van der Waals surface area contributed by atoms with Gasteiger partial charge in [0.25, 0.3) is 0 Å². The molecule has 1 radical (unpaired) electrons. The summed E-state index contributed by atoms with van der Waals surface area (Å²) < 4.78 is 0. The minimum atomic E-state index is -0.167. The normalized spacial score (nSPS) is 6.55. The third-order valence-corrected chi connectivity index (χ3v) is 0. The van der Waals surface area contributed by atoms with Crippen molar-refractivity contribution in [2.45, 2.75) is 39.9 Å². The summed E-state index contributed by atoms with van der Waals surface area (Å²) >= 11 is 0. The van der Waals surface area contributed by atoms with Crippen molar-refractivity contribution in [3.05, 3.63) is 14.9 Å². The van der Waals surface area contributed by atoms with Gasteiger partial charge in [-0.3, -0.25) is 0 Å². The Morgan fingerprint density at radius 3 is 0.727 bits per heavy atom. The summed E-state index contributed by atoms with van der Waals surface area (Å²) in [7, 11) is 0. The maximum Gasteiger partial charge on any atom is 2.00 e. The van der Waals surface area contributed by atoms with Crippen LogP contribution in [0.1, 0.15) is 27.7 Å². The van der Waals surface area contributed by atoms with E-state index in [2.05, 4.69) is 0 Å². The maximum atomic E-state index is 8.06. The van der Waals surface area contributed by atoms with Gasteiger partial charge in [-0.2, -0.15) is 0 Å². The molecule has 11 heavy (non-hydrogen) atoms. The smallest absolute Gasteiger partial charge is 0.394 e. The van der Waals surface area contributed by atoms with Gasteiger partial charge in [-0.25, -0.2) is 0 Å². The van der Waals surface area contributed by atoms with E-state index in [4.69, 9.17) is 10.2 Å². The first-order valence-electron chi connectivity index (χ1n) is 2.83. The van der Waals surface area contributed by atoms with Gasteiger partial charge < -0.3 is 25.1 Å². The zero-order valence-electron chi connectivity index (χ0n) is 8.50. The third kappa shape index (κ3) is 2990. The van der Waals surface area contributed by atoms with E-state index in [9.17, 15) is 0 Å². The summed E-state index contributed by atoms with van der Waals surface area (Å²) in [5, 5.41) is 16.1. The van der Waals surface area contributed by atoms with Crippen molar-refractivity contribution in [2.24, 2.45) is 0 Å². The SMILES string of the molecule is CC(C)O.CC(C)O.[CH3-].[CH3-].[V+2]. The van der Waals surface area contributed by atoms with Gasteiger partial charge in [0, 0.05) is 12.2 Å². The van der Waals surface area contributed by atoms with Crippen molar-refractivity contribution in [1.82, 2.24) is 0 Å². The van der Waals surface area contributed by atoms with E-state index in [1.807, 2.05) is 0 Å². The molecule has 0 rings (SSSR count). The first-order valence-corrected chi connectivity index (χ1v) is 2.83. The molecule has 0 aromatic heterocycles. The minimum Gasteiger partial charge on any atom is -0.394 e. The number of aliphatic hydroxyl groups excluding tert-OH is 2. The van der Waals surface area contributed by atoms with E-state index in [1.54, 1.807) is 27.7 Å². The molecule has 0 aliphatic carbocycles. The predicted octanol–water partition coefficient (Wildman–Crippen LogP) is 1.67. The Balaban J connectivity index is -0.0000000171. The van der Waals surface area contributed by atoms with Gasteiger partial charge in [0.1, 0.15) is 0 Å². The molecule has 0 heterocycles. The van der Waals surface area contributed by atoms with Crippen LogP contribution < -0.4 is 0 Å². The second-order valence-electron chi connectivity index (χ2n) is 2.19. The topological polar surface area (TPSA) is 40.5 Å². The van der Waals surface area contributed by atoms with Crippen molar-refractivity contribution in [2.75, 3.05) is 0 Å². The van der Waals surface area contributed by atoms with Gasteiger partial charge in [0.05, 0.1) is 0 Å². The van der Waals surface area contributed by atoms with Crippen LogP contribution in [-0.2, 0) is 18.6 Å². The Hall–Kier alpha value is 0.504. The van der Waals surface area contributed by atoms with Crippen LogP contribution in [0.25, 0.3) is 0 Å². The van der Waals surface area contributed by atoms with Crippen molar-refractivity contribution >= 4 is 0 Å². The van der Waals surface area contributed by atoms with Crippen LogP contribution in [0.4, 0.5) is 0 Å². The van der Waals surface area contributed by atoms with E-state index < -0.39 is 0 Å². The molecule has 0 spiro atoms. The van der Waals surface area contributed by atoms with Crippen LogP contribution in [0.15, 0.2) is 0 Å². The van der Waals surface area contributed by atoms with Crippen LogP contribution in [0.3, 0.4) is 0 Å². The van der Waals surface area contributed by atoms with Gasteiger partial charge in [-0.05, 0) is 27.7 Å². The summed E-state index contributed by atoms with van der Waals surface area (Å²) in [5.74, 6) is 0. The Bertz CT molecular complexity index is 27.6. The number of aliphatic hydroxyl groups is 2. The summed E-state index contributed by atoms with van der Waals surface area (Å²) in [6, 6.07) is 0. The molecule has 0 amide bonds. The molecule has 0 unspecified atom stereocenters. The molecular formula is C8H22O2V. The molecule has 0 aliphatic heterocycles. The molecule has 2 nitrogen and oxygen atoms in total. The standard InChI is InChI=1S/2C3H8O.2CH3.V/c2*1-3(2)4;;;/h2*3-4H,1-2H3;2*1H3;/q;;2*-1;+2. The van der Waals surface area contributed by atoms with Gasteiger partial charge in [-0.15, -0.1) is 0 Å². The van der Waals surface area contributed by atoms with Crippen LogP contribution in [0.5, 0.6) is 0 Å². The minimum absolute atomic E-state index is 0. The second-order valence-corrected chi connectivity index (χ2v) is 2.19. The molecule has 0 fully saturated rings. The van der Waals surface area contributed by atoms with Gasteiger partial charge in [-0.1, -0.05) is 0 Å². The van der Waals surface area contributed by atoms with E-state index in [-0.39, 0.29) is 45.6 Å². The van der Waals surface area contributed by atoms with E-state index in [1.165, 1.54) is 0 Å². The van der Waals surface area contributed by atoms with Gasteiger partial charge in [0.15, 0.2) is 0 Å². The zero-order chi connectivity index (χ0) is 7.15. The predicted molar refractivity (Wildman–Crippen MR) is 47.5 cm³/mol. The zero-order valence-corrected chi connectivity index (χ0v) is 9.89. The molecule has 0 aromatic carbocycles. The fourth-order valence-electron chi connectivity index (χ4n) is 0. The summed E-state index contributed by atoms with van der Waals surface area (Å²) in [6.45, 7) is 6.89. The van der Waals surface area contributed by atoms with Crippen LogP contribution in [0, 0.1) is 14.9 Å². The average Bonchev–Trinajstić information content (AvgIpc) is 1.25. The molecule has 0 saturated heterocycles. The van der Waals surface area contributed by atoms with Gasteiger partial charge >= 0.3 is 18.6 Å². The molecule has 0 saturated carbocycles. The Labute approximate surface area is 83.9 Å². The first kappa shape index (κ1) is 30.0. The van der Waals surface area contributed by atoms with Gasteiger partial charge in [0.2, 0.25) is 0 Å². The molecule has 3 heteroatoms. The monoisotopic (exact) mass is 201 g/mol. The van der Waals surface area contributed by atoms with Crippen molar-refractivity contribution < 1.29 is 28.8 Å². The summed E-state index contributed by atoms with van der Waals surface area (Å²) in [4.78, 5) is 0. The number of rotatable bonds is 0. The summed E-state index contributed by atoms with van der Waals surface area (Å²) in [5.41, 5.74) is 0. The summed E-state index contributed by atoms with van der Waals surface area (Å²) in [6.07, 6.45) is -0.333. The molecule has 0 bridgehead atoms. The Morgan fingerprint density at radius 1 is 0.727 bits per heavy atom. The average molecular weight is 201 g/mol. The van der Waals surface area contributed by atoms with Crippen molar-refractivity contribution in [1.29, 1.82) is 0 Å². The van der Waals surface area contributed by atoms with Crippen molar-refractivity contribution in [3.63, 3.8) is 0 Å². The van der Waals surface area contributed by atoms with Crippen LogP contribution in [-0.4, -0.2) is 22.4 Å². The molecule has 0 aromatic rings. The van der Waals surface area contributed by atoms with E-state index >= 15 is 0 Å². The van der Waals surface area contributed by atoms with E-state index in [0.717, 1.165) is 0 Å². The second kappa shape index (κ2) is 22.4. The molecule has 0 atom stereocenters. The van der Waals surface area contributed by atoms with Crippen molar-refractivity contribution in [3.8, 4) is 0 Å². The third-order valence-electron chi connectivity index (χ3n) is 0. The fraction of sp³-hybridized carbons (Fsp3) is 0.750.